The summed E-state index contributed by atoms with van der Waals surface area (Å²) >= 11 is 4.44. The predicted octanol–water partition coefficient (Wildman–Crippen LogP) is 2.38. The number of ether oxygens (including phenoxy) is 7. The maximum atomic E-state index is 11.7. The topological polar surface area (TPSA) is 111 Å². The summed E-state index contributed by atoms with van der Waals surface area (Å²) in [5, 5.41) is 3.13. The quantitative estimate of drug-likeness (QED) is 0.137. The molecule has 0 heterocycles. The highest BCUT2D eigenvalue weighted by atomic mass is 32.1. The summed E-state index contributed by atoms with van der Waals surface area (Å²) in [6, 6.07) is 0. The summed E-state index contributed by atoms with van der Waals surface area (Å²) in [5.41, 5.74) is 0. The molecular formula is C23H43NO9S. The molecular weight excluding hydrogens is 466 g/mol. The summed E-state index contributed by atoms with van der Waals surface area (Å²) in [6.45, 7) is 7.11. The molecule has 0 spiro atoms. The Morgan fingerprint density at radius 3 is 1.71 bits per heavy atom. The van der Waals surface area contributed by atoms with Crippen molar-refractivity contribution in [1.82, 2.24) is 5.32 Å². The van der Waals surface area contributed by atoms with E-state index >= 15 is 0 Å². The second-order valence-corrected chi connectivity index (χ2v) is 8.53. The van der Waals surface area contributed by atoms with E-state index in [1.807, 2.05) is 6.92 Å². The fourth-order valence-corrected chi connectivity index (χ4v) is 3.35. The Morgan fingerprint density at radius 1 is 0.735 bits per heavy atom. The summed E-state index contributed by atoms with van der Waals surface area (Å²) in [4.78, 5) is 22.9. The van der Waals surface area contributed by atoms with Crippen LogP contribution in [0.3, 0.4) is 0 Å². The van der Waals surface area contributed by atoms with Crippen molar-refractivity contribution < 1.29 is 42.7 Å². The Hall–Kier alpha value is -1.11. The molecule has 1 fully saturated rings. The number of rotatable bonds is 21. The van der Waals surface area contributed by atoms with Gasteiger partial charge in [0.2, 0.25) is 0 Å². The number of hydrogen-bond donors (Lipinski definition) is 2. The molecule has 1 amide bonds. The van der Waals surface area contributed by atoms with Gasteiger partial charge in [0.25, 0.3) is 0 Å². The number of nitrogens with one attached hydrogen (secondary N) is 1. The van der Waals surface area contributed by atoms with E-state index in [1.165, 1.54) is 0 Å². The fraction of sp³-hybridized carbons (Fsp3) is 0.913. The van der Waals surface area contributed by atoms with Crippen molar-refractivity contribution in [2.45, 2.75) is 56.8 Å². The van der Waals surface area contributed by atoms with E-state index < -0.39 is 0 Å². The van der Waals surface area contributed by atoms with E-state index in [9.17, 15) is 9.59 Å². The van der Waals surface area contributed by atoms with Crippen LogP contribution >= 0.6 is 12.6 Å². The zero-order valence-corrected chi connectivity index (χ0v) is 21.4. The van der Waals surface area contributed by atoms with Gasteiger partial charge >= 0.3 is 12.1 Å². The van der Waals surface area contributed by atoms with Crippen LogP contribution in [0.2, 0.25) is 0 Å². The lowest BCUT2D eigenvalue weighted by Gasteiger charge is -2.25. The van der Waals surface area contributed by atoms with Crippen molar-refractivity contribution in [3.05, 3.63) is 0 Å². The Kier molecular flexibility index (Phi) is 20.3. The van der Waals surface area contributed by atoms with Gasteiger partial charge in [0.1, 0.15) is 12.7 Å². The van der Waals surface area contributed by atoms with Crippen LogP contribution < -0.4 is 5.32 Å². The SMILES string of the molecule is CCCC(=O)OCCOCCOCCOCCOCCOCCNC(=O)OC1CCC(S)CC1. The predicted molar refractivity (Wildman–Crippen MR) is 129 cm³/mol. The van der Waals surface area contributed by atoms with Gasteiger partial charge in [-0.3, -0.25) is 4.79 Å². The van der Waals surface area contributed by atoms with Gasteiger partial charge in [-0.15, -0.1) is 0 Å². The van der Waals surface area contributed by atoms with Crippen molar-refractivity contribution >= 4 is 24.7 Å². The van der Waals surface area contributed by atoms with Gasteiger partial charge in [0.15, 0.2) is 0 Å². The number of carbonyl (C=O) groups excluding carboxylic acids is 2. The van der Waals surface area contributed by atoms with Crippen molar-refractivity contribution in [3.63, 3.8) is 0 Å². The number of hydrogen-bond acceptors (Lipinski definition) is 10. The third-order valence-electron chi connectivity index (χ3n) is 4.87. The van der Waals surface area contributed by atoms with Gasteiger partial charge < -0.3 is 38.5 Å². The van der Waals surface area contributed by atoms with Gasteiger partial charge in [-0.25, -0.2) is 4.79 Å². The summed E-state index contributed by atoms with van der Waals surface area (Å²) in [6.07, 6.45) is 4.56. The van der Waals surface area contributed by atoms with Crippen LogP contribution in [-0.2, 0) is 38.0 Å². The van der Waals surface area contributed by atoms with Gasteiger partial charge in [0, 0.05) is 18.2 Å². The molecule has 0 saturated heterocycles. The number of esters is 1. The Morgan fingerprint density at radius 2 is 1.21 bits per heavy atom. The van der Waals surface area contributed by atoms with Crippen molar-refractivity contribution in [3.8, 4) is 0 Å². The van der Waals surface area contributed by atoms with Crippen LogP contribution in [-0.4, -0.2) is 103 Å². The van der Waals surface area contributed by atoms with Crippen LogP contribution in [0.4, 0.5) is 4.79 Å². The summed E-state index contributed by atoms with van der Waals surface area (Å²) in [5.74, 6) is -0.190. The normalized spacial score (nSPS) is 17.9. The van der Waals surface area contributed by atoms with Crippen LogP contribution in [0.25, 0.3) is 0 Å². The van der Waals surface area contributed by atoms with Crippen LogP contribution in [0.5, 0.6) is 0 Å². The fourth-order valence-electron chi connectivity index (χ4n) is 3.05. The molecule has 1 N–H and O–H groups in total. The molecule has 200 valence electrons. The number of carbonyl (C=O) groups is 2. The third kappa shape index (κ3) is 19.2. The van der Waals surface area contributed by atoms with Gasteiger partial charge in [-0.05, 0) is 32.1 Å². The number of alkyl carbamates (subject to hydrolysis) is 1. The van der Waals surface area contributed by atoms with E-state index in [0.29, 0.717) is 84.3 Å². The van der Waals surface area contributed by atoms with Crippen molar-refractivity contribution in [2.75, 3.05) is 79.2 Å². The molecule has 0 aromatic heterocycles. The first kappa shape index (κ1) is 30.9. The smallest absolute Gasteiger partial charge is 0.407 e. The molecule has 0 radical (unpaired) electrons. The first-order valence-electron chi connectivity index (χ1n) is 12.3. The second kappa shape index (κ2) is 22.4. The summed E-state index contributed by atoms with van der Waals surface area (Å²) in [7, 11) is 0. The largest absolute Gasteiger partial charge is 0.463 e. The number of thiol groups is 1. The van der Waals surface area contributed by atoms with E-state index in [0.717, 1.165) is 32.1 Å². The third-order valence-corrected chi connectivity index (χ3v) is 5.38. The Labute approximate surface area is 209 Å². The lowest BCUT2D eigenvalue weighted by Crippen LogP contribution is -2.33. The minimum Gasteiger partial charge on any atom is -0.463 e. The molecule has 0 unspecified atom stereocenters. The molecule has 11 heteroatoms. The molecule has 0 aliphatic heterocycles. The molecule has 34 heavy (non-hydrogen) atoms. The molecule has 1 rings (SSSR count). The standard InChI is InChI=1S/C23H43NO9S/c1-2-3-22(25)32-19-18-31-17-16-30-15-14-29-13-12-28-11-10-27-9-8-24-23(26)33-20-4-6-21(34)7-5-20/h20-21,34H,2-19H2,1H3,(H,24,26). The molecule has 0 bridgehead atoms. The van der Waals surface area contributed by atoms with E-state index in [2.05, 4.69) is 17.9 Å². The Bertz CT molecular complexity index is 505. The van der Waals surface area contributed by atoms with Crippen molar-refractivity contribution in [2.24, 2.45) is 0 Å². The lowest BCUT2D eigenvalue weighted by molar-refractivity contribution is -0.145. The first-order valence-corrected chi connectivity index (χ1v) is 12.8. The van der Waals surface area contributed by atoms with Crippen LogP contribution in [0.15, 0.2) is 0 Å². The number of amides is 1. The maximum absolute atomic E-state index is 11.7. The molecule has 0 aromatic rings. The molecule has 1 aliphatic carbocycles. The van der Waals surface area contributed by atoms with E-state index in [1.54, 1.807) is 0 Å². The van der Waals surface area contributed by atoms with Gasteiger partial charge in [-0.2, -0.15) is 12.6 Å². The molecule has 0 aromatic carbocycles. The van der Waals surface area contributed by atoms with E-state index in [4.69, 9.17) is 33.2 Å². The lowest BCUT2D eigenvalue weighted by atomic mass is 9.97. The molecule has 1 aliphatic rings. The minimum absolute atomic E-state index is 0.00000644. The van der Waals surface area contributed by atoms with Gasteiger partial charge in [0.05, 0.1) is 66.1 Å². The van der Waals surface area contributed by atoms with E-state index in [-0.39, 0.29) is 24.8 Å². The monoisotopic (exact) mass is 509 g/mol. The summed E-state index contributed by atoms with van der Waals surface area (Å²) < 4.78 is 37.3. The second-order valence-electron chi connectivity index (χ2n) is 7.79. The average molecular weight is 510 g/mol. The van der Waals surface area contributed by atoms with Gasteiger partial charge in [-0.1, -0.05) is 6.92 Å². The first-order chi connectivity index (χ1) is 16.6. The minimum atomic E-state index is -0.388. The Balaban J connectivity index is 1.71. The highest BCUT2D eigenvalue weighted by molar-refractivity contribution is 7.80. The molecule has 0 atom stereocenters. The maximum Gasteiger partial charge on any atom is 0.407 e. The van der Waals surface area contributed by atoms with Crippen molar-refractivity contribution in [1.29, 1.82) is 0 Å². The van der Waals surface area contributed by atoms with Crippen LogP contribution in [0.1, 0.15) is 45.4 Å². The highest BCUT2D eigenvalue weighted by Gasteiger charge is 2.21. The molecule has 10 nitrogen and oxygen atoms in total. The van der Waals surface area contributed by atoms with Crippen LogP contribution in [0, 0.1) is 0 Å². The highest BCUT2D eigenvalue weighted by Crippen LogP contribution is 2.24. The molecule has 1 saturated carbocycles. The zero-order valence-electron chi connectivity index (χ0n) is 20.5. The zero-order chi connectivity index (χ0) is 24.7. The average Bonchev–Trinajstić information content (AvgIpc) is 2.82.